The Morgan fingerprint density at radius 3 is 2.58 bits per heavy atom. The number of methoxy groups -OCH3 is 1. The monoisotopic (exact) mass is 268 g/mol. The third-order valence-corrected chi connectivity index (χ3v) is 2.87. The van der Waals surface area contributed by atoms with Crippen LogP contribution < -0.4 is 10.1 Å². The summed E-state index contributed by atoms with van der Waals surface area (Å²) in [4.78, 5) is 2.08. The van der Waals surface area contributed by atoms with Crippen molar-refractivity contribution in [3.8, 4) is 5.75 Å². The van der Waals surface area contributed by atoms with Gasteiger partial charge in [-0.2, -0.15) is 0 Å². The number of benzene rings is 1. The van der Waals surface area contributed by atoms with E-state index >= 15 is 0 Å². The molecule has 0 spiro atoms. The van der Waals surface area contributed by atoms with Gasteiger partial charge in [-0.15, -0.1) is 0 Å². The Morgan fingerprint density at radius 1 is 1.32 bits per heavy atom. The predicted molar refractivity (Wildman–Crippen MR) is 77.0 cm³/mol. The van der Waals surface area contributed by atoms with Gasteiger partial charge in [0.2, 0.25) is 0 Å². The van der Waals surface area contributed by atoms with E-state index < -0.39 is 0 Å². The van der Waals surface area contributed by atoms with Gasteiger partial charge in [-0.1, -0.05) is 6.07 Å². The molecule has 0 aromatic heterocycles. The highest BCUT2D eigenvalue weighted by Crippen LogP contribution is 2.22. The highest BCUT2D eigenvalue weighted by Gasteiger charge is 2.12. The lowest BCUT2D eigenvalue weighted by Crippen LogP contribution is -2.40. The summed E-state index contributed by atoms with van der Waals surface area (Å²) in [6.07, 6.45) is 0. The minimum Gasteiger partial charge on any atom is -0.496 e. The van der Waals surface area contributed by atoms with Gasteiger partial charge in [-0.05, 0) is 40.0 Å². The van der Waals surface area contributed by atoms with Crippen molar-refractivity contribution < 1.29 is 9.13 Å². The van der Waals surface area contributed by atoms with Crippen molar-refractivity contribution in [2.45, 2.75) is 32.9 Å². The third kappa shape index (κ3) is 5.57. The Labute approximate surface area is 115 Å². The Balaban J connectivity index is 2.55. The van der Waals surface area contributed by atoms with Gasteiger partial charge in [0, 0.05) is 30.7 Å². The molecule has 0 atom stereocenters. The smallest absolute Gasteiger partial charge is 0.131 e. The second-order valence-electron chi connectivity index (χ2n) is 5.84. The zero-order valence-electron chi connectivity index (χ0n) is 12.6. The Hall–Kier alpha value is -1.13. The second-order valence-corrected chi connectivity index (χ2v) is 5.84. The van der Waals surface area contributed by atoms with Crippen LogP contribution in [0.3, 0.4) is 0 Å². The molecule has 1 rings (SSSR count). The number of hydrogen-bond donors (Lipinski definition) is 1. The van der Waals surface area contributed by atoms with Crippen LogP contribution in [-0.4, -0.2) is 37.7 Å². The summed E-state index contributed by atoms with van der Waals surface area (Å²) in [5.74, 6) is 0.394. The summed E-state index contributed by atoms with van der Waals surface area (Å²) in [5, 5.41) is 3.42. The van der Waals surface area contributed by atoms with Gasteiger partial charge in [0.25, 0.3) is 0 Å². The minimum atomic E-state index is -0.213. The molecule has 108 valence electrons. The predicted octanol–water partition coefficient (Wildman–Crippen LogP) is 2.65. The molecule has 0 unspecified atom stereocenters. The van der Waals surface area contributed by atoms with Gasteiger partial charge in [-0.25, -0.2) is 4.39 Å². The Kier molecular flexibility index (Phi) is 5.76. The van der Waals surface area contributed by atoms with Crippen LogP contribution in [0.4, 0.5) is 4.39 Å². The molecule has 0 aliphatic carbocycles. The van der Waals surface area contributed by atoms with Crippen LogP contribution in [0, 0.1) is 5.82 Å². The first-order valence-electron chi connectivity index (χ1n) is 6.58. The zero-order chi connectivity index (χ0) is 14.5. The van der Waals surface area contributed by atoms with Crippen molar-refractivity contribution in [2.24, 2.45) is 0 Å². The first kappa shape index (κ1) is 15.9. The standard InChI is InChI=1S/C15H25FN2O/c1-15(2,3)17-9-10-18(4)11-12-13(16)7-6-8-14(12)19-5/h6-8,17H,9-11H2,1-5H3. The Morgan fingerprint density at radius 2 is 2.00 bits per heavy atom. The highest BCUT2D eigenvalue weighted by atomic mass is 19.1. The van der Waals surface area contributed by atoms with Crippen molar-refractivity contribution in [1.29, 1.82) is 0 Å². The highest BCUT2D eigenvalue weighted by molar-refractivity contribution is 5.34. The van der Waals surface area contributed by atoms with E-state index in [1.165, 1.54) is 6.07 Å². The first-order valence-corrected chi connectivity index (χ1v) is 6.58. The van der Waals surface area contributed by atoms with Crippen molar-refractivity contribution >= 4 is 0 Å². The number of nitrogens with one attached hydrogen (secondary N) is 1. The average molecular weight is 268 g/mol. The summed E-state index contributed by atoms with van der Waals surface area (Å²) in [6, 6.07) is 4.93. The van der Waals surface area contributed by atoms with Crippen molar-refractivity contribution in [2.75, 3.05) is 27.2 Å². The SMILES string of the molecule is COc1cccc(F)c1CN(C)CCNC(C)(C)C. The van der Waals surface area contributed by atoms with Crippen molar-refractivity contribution in [3.05, 3.63) is 29.6 Å². The third-order valence-electron chi connectivity index (χ3n) is 2.87. The number of halogens is 1. The maximum absolute atomic E-state index is 13.8. The summed E-state index contributed by atoms with van der Waals surface area (Å²) in [7, 11) is 3.55. The van der Waals surface area contributed by atoms with Gasteiger partial charge in [0.1, 0.15) is 11.6 Å². The molecule has 0 fully saturated rings. The van der Waals surface area contributed by atoms with Crippen LogP contribution in [0.5, 0.6) is 5.75 Å². The maximum Gasteiger partial charge on any atom is 0.131 e. The molecule has 0 amide bonds. The maximum atomic E-state index is 13.8. The van der Waals surface area contributed by atoms with E-state index in [0.717, 1.165) is 13.1 Å². The molecule has 0 heterocycles. The molecule has 0 saturated heterocycles. The van der Waals surface area contributed by atoms with E-state index in [0.29, 0.717) is 17.9 Å². The molecular weight excluding hydrogens is 243 g/mol. The lowest BCUT2D eigenvalue weighted by molar-refractivity contribution is 0.293. The topological polar surface area (TPSA) is 24.5 Å². The Bertz CT molecular complexity index is 402. The van der Waals surface area contributed by atoms with Crippen LogP contribution >= 0.6 is 0 Å². The van der Waals surface area contributed by atoms with Gasteiger partial charge in [-0.3, -0.25) is 0 Å². The second kappa shape index (κ2) is 6.87. The van der Waals surface area contributed by atoms with Crippen molar-refractivity contribution in [3.63, 3.8) is 0 Å². The molecule has 19 heavy (non-hydrogen) atoms. The van der Waals surface area contributed by atoms with E-state index in [4.69, 9.17) is 4.74 Å². The van der Waals surface area contributed by atoms with E-state index in [1.54, 1.807) is 19.2 Å². The van der Waals surface area contributed by atoms with Crippen molar-refractivity contribution in [1.82, 2.24) is 10.2 Å². The number of ether oxygens (including phenoxy) is 1. The largest absolute Gasteiger partial charge is 0.496 e. The summed E-state index contributed by atoms with van der Waals surface area (Å²) in [5.41, 5.74) is 0.722. The molecule has 3 nitrogen and oxygen atoms in total. The minimum absolute atomic E-state index is 0.108. The summed E-state index contributed by atoms with van der Waals surface area (Å²) < 4.78 is 19.0. The van der Waals surface area contributed by atoms with Crippen LogP contribution in [0.25, 0.3) is 0 Å². The van der Waals surface area contributed by atoms with E-state index in [1.807, 2.05) is 7.05 Å². The van der Waals surface area contributed by atoms with Gasteiger partial charge >= 0.3 is 0 Å². The normalized spacial score (nSPS) is 11.9. The van der Waals surface area contributed by atoms with Gasteiger partial charge < -0.3 is 15.0 Å². The van der Waals surface area contributed by atoms with Crippen LogP contribution in [-0.2, 0) is 6.54 Å². The fourth-order valence-electron chi connectivity index (χ4n) is 1.85. The van der Waals surface area contributed by atoms with E-state index in [2.05, 4.69) is 31.0 Å². The average Bonchev–Trinajstić information content (AvgIpc) is 2.30. The van der Waals surface area contributed by atoms with Crippen LogP contribution in [0.15, 0.2) is 18.2 Å². The van der Waals surface area contributed by atoms with Crippen LogP contribution in [0.2, 0.25) is 0 Å². The van der Waals surface area contributed by atoms with Gasteiger partial charge in [0.05, 0.1) is 7.11 Å². The quantitative estimate of drug-likeness (QED) is 0.858. The molecule has 0 bridgehead atoms. The molecule has 1 aromatic rings. The van der Waals surface area contributed by atoms with Gasteiger partial charge in [0.15, 0.2) is 0 Å². The lowest BCUT2D eigenvalue weighted by Gasteiger charge is -2.24. The number of hydrogen-bond acceptors (Lipinski definition) is 3. The van der Waals surface area contributed by atoms with E-state index in [9.17, 15) is 4.39 Å². The summed E-state index contributed by atoms with van der Waals surface area (Å²) in [6.45, 7) is 8.67. The lowest BCUT2D eigenvalue weighted by atomic mass is 10.1. The fourth-order valence-corrected chi connectivity index (χ4v) is 1.85. The molecule has 1 aromatic carbocycles. The number of likely N-dealkylation sites (N-methyl/N-ethyl adjacent to an activating group) is 1. The first-order chi connectivity index (χ1) is 8.83. The van der Waals surface area contributed by atoms with E-state index in [-0.39, 0.29) is 11.4 Å². The molecule has 0 aliphatic rings. The zero-order valence-corrected chi connectivity index (χ0v) is 12.6. The molecular formula is C15H25FN2O. The number of rotatable bonds is 6. The van der Waals surface area contributed by atoms with Crippen LogP contribution in [0.1, 0.15) is 26.3 Å². The summed E-state index contributed by atoms with van der Waals surface area (Å²) >= 11 is 0. The molecule has 4 heteroatoms. The fraction of sp³-hybridized carbons (Fsp3) is 0.600. The number of nitrogens with zero attached hydrogens (tertiary/aromatic N) is 1. The molecule has 1 N–H and O–H groups in total. The molecule has 0 saturated carbocycles. The molecule has 0 radical (unpaired) electrons. The molecule has 0 aliphatic heterocycles.